The number of hydrogen-bond donors (Lipinski definition) is 2. The molecule has 2 N–H and O–H groups in total. The summed E-state index contributed by atoms with van der Waals surface area (Å²) in [6, 6.07) is 46.5. The number of halogens is 5. The largest absolute Gasteiger partial charge is 0.494 e. The Hall–Kier alpha value is -5.04. The number of imidazole rings is 2. The van der Waals surface area contributed by atoms with Crippen molar-refractivity contribution in [2.24, 2.45) is 8.73 Å². The molecule has 9 aromatic rings. The number of rotatable bonds is 23. The molecule has 0 aliphatic carbocycles. The highest BCUT2D eigenvalue weighted by Crippen LogP contribution is 2.40. The minimum absolute atomic E-state index is 0.210. The second-order valence-corrected chi connectivity index (χ2v) is 51.8. The number of aliphatic hydroxyl groups is 2. The standard InChI is InChI=1S/C33H41ClN4O6SSi.C30H41BClN3O7Si.C9H12BrNOS.C7H6Br2/c1-45(2,40)35-17-21-7-6-8-24(15-21)22-9-11-23(12-10-22)29-25(34)16-26-32(37-29)38(20-41-13-14-46(3,4)5)33(36-26)44-28-19-43-30-27(39)18-42-31(28)30;1-29(2)30(3,4)42-31(41-29)19-10-8-18(9-11-19)24-20(32)14-21-27(34-24)35(17-37-12-13-43(5,6)7)28(33-21)40-23-16-39-25-22(36)15-38-26(23)25;1-13(2,12)11-7-8-4-3-5-9(10)6-8;8-5-6-2-1-3-7(9)4-6/h6-12,15-16,27-28,30-31,39H,13-14,17-20H2,1-5H3;8-11,14,22-23,25-26,36H,12-13,15-17H2,1-7H3;3-6H,7H2,1-2H3;1-4H,5H2/t27-,28-,30-,31-;22-,23-,25-,26-;;/m11../s1. The maximum atomic E-state index is 12.0. The summed E-state index contributed by atoms with van der Waals surface area (Å²) in [5, 5.41) is 22.2. The number of fused-ring (bicyclic) bond motifs is 4. The van der Waals surface area contributed by atoms with Crippen LogP contribution in [0.5, 0.6) is 12.0 Å². The molecule has 0 radical (unpaired) electrons. The molecule has 22 nitrogen and oxygen atoms in total. The number of benzene rings is 5. The van der Waals surface area contributed by atoms with Gasteiger partial charge in [-0.05, 0) is 116 Å². The number of nitrogens with zero attached hydrogens (tertiary/aromatic N) is 8. The molecule has 0 saturated carbocycles. The van der Waals surface area contributed by atoms with Gasteiger partial charge < -0.3 is 57.4 Å². The quantitative estimate of drug-likeness (QED) is 0.0343. The van der Waals surface area contributed by atoms with E-state index in [1.165, 1.54) is 5.56 Å². The summed E-state index contributed by atoms with van der Waals surface area (Å²) in [5.41, 5.74) is 10.8. The van der Waals surface area contributed by atoms with Crippen LogP contribution in [-0.2, 0) is 89.1 Å². The van der Waals surface area contributed by atoms with Crippen LogP contribution in [0.25, 0.3) is 56.0 Å². The number of pyridine rings is 2. The lowest BCUT2D eigenvalue weighted by Crippen LogP contribution is -2.41. The van der Waals surface area contributed by atoms with Gasteiger partial charge in [0, 0.05) is 99.2 Å². The Morgan fingerprint density at radius 3 is 1.34 bits per heavy atom. The first-order chi connectivity index (χ1) is 52.4. The van der Waals surface area contributed by atoms with E-state index in [1.54, 1.807) is 37.2 Å². The minimum atomic E-state index is -2.17. The van der Waals surface area contributed by atoms with Crippen LogP contribution in [0.2, 0.25) is 61.4 Å². The molecule has 0 unspecified atom stereocenters. The maximum Gasteiger partial charge on any atom is 0.494 e. The first kappa shape index (κ1) is 86.8. The molecule has 5 fully saturated rings. The fourth-order valence-electron chi connectivity index (χ4n) is 12.4. The highest BCUT2D eigenvalue weighted by molar-refractivity contribution is 9.10. The van der Waals surface area contributed by atoms with Gasteiger partial charge >= 0.3 is 19.1 Å². The molecular weight excluding hydrogens is 1730 g/mol. The Morgan fingerprint density at radius 1 is 0.532 bits per heavy atom. The topological polar surface area (TPSA) is 253 Å². The van der Waals surface area contributed by atoms with Gasteiger partial charge in [-0.3, -0.25) is 17.6 Å². The molecule has 111 heavy (non-hydrogen) atoms. The Bertz CT molecular complexity index is 4950. The van der Waals surface area contributed by atoms with Crippen LogP contribution >= 0.6 is 71.0 Å². The summed E-state index contributed by atoms with van der Waals surface area (Å²) >= 11 is 23.7. The third-order valence-corrected chi connectivity index (χ3v) is 26.5. The molecule has 9 heterocycles. The highest BCUT2D eigenvalue weighted by atomic mass is 79.9. The number of aliphatic hydroxyl groups excluding tert-OH is 2. The van der Waals surface area contributed by atoms with Gasteiger partial charge in [0.15, 0.2) is 23.5 Å². The number of alkyl halides is 1. The van der Waals surface area contributed by atoms with Gasteiger partial charge in [-0.25, -0.2) is 18.7 Å². The summed E-state index contributed by atoms with van der Waals surface area (Å²) in [4.78, 5) is 19.4. The zero-order chi connectivity index (χ0) is 80.0. The van der Waals surface area contributed by atoms with Crippen molar-refractivity contribution < 1.29 is 65.8 Å². The zero-order valence-corrected chi connectivity index (χ0v) is 75.1. The smallest absolute Gasteiger partial charge is 0.456 e. The SMILES string of the molecule is BrCc1cccc(Br)c1.CC1(C)OB(c2ccc(-c3nc4c(cc3Cl)nc(O[C@@H]3CO[C@H]5[C@@H]3OC[C@H]5O)n4COCC[Si](C)(C)C)cc2)OC1(C)C.CS(C)(=O)=NCc1cccc(Br)c1.C[Si](C)(C)CCOCn1c(O[C@@H]2CO[C@H]3[C@@H]2OC[C@H]3O)nc2cc(Cl)c(-c3ccc(-c4cccc(CN=S(C)(C)=O)c4)cc3)nc21. The fraction of sp³-hybridized carbons (Fsp3) is 0.468. The van der Waals surface area contributed by atoms with E-state index in [0.29, 0.717) is 88.7 Å². The molecule has 0 amide bonds. The molecule has 5 aromatic carbocycles. The van der Waals surface area contributed by atoms with Crippen LogP contribution in [0, 0.1) is 0 Å². The van der Waals surface area contributed by atoms with Gasteiger partial charge in [0.05, 0.1) is 72.2 Å². The van der Waals surface area contributed by atoms with E-state index in [9.17, 15) is 18.6 Å². The first-order valence-electron chi connectivity index (χ1n) is 36.8. The van der Waals surface area contributed by atoms with Crippen molar-refractivity contribution in [3.63, 3.8) is 0 Å². The molecule has 598 valence electrons. The second-order valence-electron chi connectivity index (χ2n) is 32.1. The van der Waals surface area contributed by atoms with Crippen LogP contribution in [0.4, 0.5) is 0 Å². The van der Waals surface area contributed by atoms with Crippen molar-refractivity contribution in [3.05, 3.63) is 169 Å². The van der Waals surface area contributed by atoms with Gasteiger partial charge in [0.25, 0.3) is 0 Å². The van der Waals surface area contributed by atoms with E-state index in [-0.39, 0.29) is 45.5 Å². The van der Waals surface area contributed by atoms with Crippen molar-refractivity contribution in [1.82, 2.24) is 29.1 Å². The summed E-state index contributed by atoms with van der Waals surface area (Å²) in [6.07, 6.45) is 2.82. The third-order valence-electron chi connectivity index (χ3n) is 19.4. The summed E-state index contributed by atoms with van der Waals surface area (Å²) < 4.78 is 98.0. The van der Waals surface area contributed by atoms with E-state index < -0.39 is 90.6 Å². The van der Waals surface area contributed by atoms with Crippen molar-refractivity contribution in [1.29, 1.82) is 0 Å². The average molecular weight is 1830 g/mol. The van der Waals surface area contributed by atoms with Crippen LogP contribution in [0.15, 0.2) is 151 Å². The van der Waals surface area contributed by atoms with Gasteiger partial charge in [-0.15, -0.1) is 0 Å². The molecule has 8 atom stereocenters. The monoisotopic (exact) mass is 1820 g/mol. The van der Waals surface area contributed by atoms with E-state index in [2.05, 4.69) is 114 Å². The van der Waals surface area contributed by atoms with E-state index in [1.807, 2.05) is 140 Å². The molecular formula is C79H100BBr3Cl2N8O14S2Si2. The summed E-state index contributed by atoms with van der Waals surface area (Å²) in [7, 11) is -7.16. The average Bonchev–Trinajstić information content (AvgIpc) is 1.63. The van der Waals surface area contributed by atoms with Crippen LogP contribution in [0.1, 0.15) is 44.4 Å². The van der Waals surface area contributed by atoms with E-state index in [4.69, 9.17) is 90.3 Å². The molecule has 4 aromatic heterocycles. The summed E-state index contributed by atoms with van der Waals surface area (Å²) in [5.74, 6) is 0. The van der Waals surface area contributed by atoms with Crippen molar-refractivity contribution in [3.8, 4) is 45.7 Å². The summed E-state index contributed by atoms with van der Waals surface area (Å²) in [6.45, 7) is 25.7. The molecule has 0 bridgehead atoms. The van der Waals surface area contributed by atoms with Crippen LogP contribution in [0.3, 0.4) is 0 Å². The third kappa shape index (κ3) is 23.4. The number of hydrogen-bond acceptors (Lipinski definition) is 20. The maximum absolute atomic E-state index is 12.0. The van der Waals surface area contributed by atoms with Crippen molar-refractivity contribution in [2.45, 2.75) is 171 Å². The first-order valence-corrected chi connectivity index (χ1v) is 52.3. The molecule has 5 aliphatic heterocycles. The lowest BCUT2D eigenvalue weighted by atomic mass is 9.79. The van der Waals surface area contributed by atoms with Crippen LogP contribution < -0.4 is 14.9 Å². The molecule has 0 spiro atoms. The van der Waals surface area contributed by atoms with Gasteiger partial charge in [-0.1, -0.05) is 201 Å². The number of ether oxygens (including phenoxy) is 8. The zero-order valence-electron chi connectivity index (χ0n) is 65.2. The number of aromatic nitrogens is 6. The normalized spacial score (nSPS) is 21.3. The molecule has 32 heteroatoms. The predicted octanol–water partition coefficient (Wildman–Crippen LogP) is 16.2. The van der Waals surface area contributed by atoms with Crippen LogP contribution in [-0.4, -0.2) is 196 Å². The van der Waals surface area contributed by atoms with Gasteiger partial charge in [0.1, 0.15) is 61.1 Å². The van der Waals surface area contributed by atoms with Gasteiger partial charge in [-0.2, -0.15) is 9.97 Å². The molecule has 5 saturated heterocycles. The lowest BCUT2D eigenvalue weighted by Gasteiger charge is -2.32. The molecule has 5 aliphatic rings. The second kappa shape index (κ2) is 37.1. The Balaban J connectivity index is 0.000000173. The van der Waals surface area contributed by atoms with E-state index >= 15 is 0 Å². The Labute approximate surface area is 689 Å². The Kier molecular flexibility index (Phi) is 29.0. The fourth-order valence-corrected chi connectivity index (χ4v) is 16.6. The molecule has 14 rings (SSSR count). The lowest BCUT2D eigenvalue weighted by molar-refractivity contribution is 0.00332. The highest BCUT2D eigenvalue weighted by Gasteiger charge is 2.53. The van der Waals surface area contributed by atoms with Crippen molar-refractivity contribution in [2.75, 3.05) is 64.7 Å². The Morgan fingerprint density at radius 2 is 0.928 bits per heavy atom. The van der Waals surface area contributed by atoms with Crippen molar-refractivity contribution >= 4 is 142 Å². The minimum Gasteiger partial charge on any atom is -0.456 e. The van der Waals surface area contributed by atoms with Gasteiger partial charge in [0.2, 0.25) is 0 Å². The van der Waals surface area contributed by atoms with E-state index in [0.717, 1.165) is 65.2 Å². The predicted molar refractivity (Wildman–Crippen MR) is 458 cm³/mol.